The van der Waals surface area contributed by atoms with E-state index in [9.17, 15) is 0 Å². The van der Waals surface area contributed by atoms with E-state index in [1.807, 2.05) is 0 Å². The van der Waals surface area contributed by atoms with Crippen molar-refractivity contribution >= 4 is 15.9 Å². The van der Waals surface area contributed by atoms with E-state index in [-0.39, 0.29) is 11.7 Å². The average Bonchev–Trinajstić information content (AvgIpc) is 1.93. The van der Waals surface area contributed by atoms with Crippen molar-refractivity contribution in [2.75, 3.05) is 13.2 Å². The molecule has 0 amide bonds. The molecule has 1 saturated heterocycles. The van der Waals surface area contributed by atoms with E-state index < -0.39 is 0 Å². The van der Waals surface area contributed by atoms with E-state index in [1.54, 1.807) is 0 Å². The molecular weight excluding hydrogens is 220 g/mol. The molecule has 72 valence electrons. The summed E-state index contributed by atoms with van der Waals surface area (Å²) in [4.78, 5) is 0.462. The fourth-order valence-electron chi connectivity index (χ4n) is 1.13. The molecule has 0 bridgehead atoms. The van der Waals surface area contributed by atoms with Crippen LogP contribution >= 0.6 is 15.9 Å². The van der Waals surface area contributed by atoms with Crippen LogP contribution in [0.1, 0.15) is 27.2 Å². The predicted octanol–water partition coefficient (Wildman–Crippen LogP) is 2.56. The van der Waals surface area contributed by atoms with E-state index >= 15 is 0 Å². The van der Waals surface area contributed by atoms with Crippen LogP contribution in [-0.4, -0.2) is 24.3 Å². The monoisotopic (exact) mass is 236 g/mol. The van der Waals surface area contributed by atoms with Crippen LogP contribution in [0.15, 0.2) is 0 Å². The maximum atomic E-state index is 5.55. The van der Waals surface area contributed by atoms with Crippen LogP contribution in [0.5, 0.6) is 0 Å². The SMILES string of the molecule is CC(Br)CC1OCC(C)(C)CO1. The summed E-state index contributed by atoms with van der Waals surface area (Å²) >= 11 is 3.48. The highest BCUT2D eigenvalue weighted by atomic mass is 79.9. The van der Waals surface area contributed by atoms with Crippen LogP contribution in [0, 0.1) is 5.41 Å². The first kappa shape index (κ1) is 10.5. The van der Waals surface area contributed by atoms with Gasteiger partial charge in [0, 0.05) is 16.7 Å². The van der Waals surface area contributed by atoms with Crippen LogP contribution in [0.3, 0.4) is 0 Å². The standard InChI is InChI=1S/C9H17BrO2/c1-7(10)4-8-11-5-9(2,3)6-12-8/h7-8H,4-6H2,1-3H3. The molecule has 0 N–H and O–H groups in total. The zero-order valence-corrected chi connectivity index (χ0v) is 9.56. The van der Waals surface area contributed by atoms with Crippen molar-refractivity contribution in [1.29, 1.82) is 0 Å². The lowest BCUT2D eigenvalue weighted by Gasteiger charge is -2.34. The molecule has 1 fully saturated rings. The quantitative estimate of drug-likeness (QED) is 0.687. The summed E-state index contributed by atoms with van der Waals surface area (Å²) < 4.78 is 11.1. The topological polar surface area (TPSA) is 18.5 Å². The van der Waals surface area contributed by atoms with Gasteiger partial charge in [0.05, 0.1) is 13.2 Å². The second-order valence-corrected chi connectivity index (χ2v) is 5.80. The van der Waals surface area contributed by atoms with E-state index in [2.05, 4.69) is 36.7 Å². The molecule has 1 unspecified atom stereocenters. The van der Waals surface area contributed by atoms with Gasteiger partial charge in [-0.05, 0) is 0 Å². The molecule has 1 rings (SSSR count). The first-order valence-corrected chi connectivity index (χ1v) is 5.28. The minimum absolute atomic E-state index is 0.00704. The van der Waals surface area contributed by atoms with Crippen LogP contribution in [0.25, 0.3) is 0 Å². The smallest absolute Gasteiger partial charge is 0.158 e. The molecule has 0 saturated carbocycles. The Hall–Kier alpha value is 0.400. The van der Waals surface area contributed by atoms with Crippen molar-refractivity contribution in [2.24, 2.45) is 5.41 Å². The summed E-state index contributed by atoms with van der Waals surface area (Å²) in [6.07, 6.45) is 0.920. The number of rotatable bonds is 2. The lowest BCUT2D eigenvalue weighted by atomic mass is 9.95. The number of hydrogen-bond donors (Lipinski definition) is 0. The van der Waals surface area contributed by atoms with Crippen molar-refractivity contribution < 1.29 is 9.47 Å². The van der Waals surface area contributed by atoms with E-state index in [1.165, 1.54) is 0 Å². The highest BCUT2D eigenvalue weighted by Gasteiger charge is 2.28. The summed E-state index contributed by atoms with van der Waals surface area (Å²) in [5, 5.41) is 0. The van der Waals surface area contributed by atoms with Gasteiger partial charge >= 0.3 is 0 Å². The molecule has 12 heavy (non-hydrogen) atoms. The maximum Gasteiger partial charge on any atom is 0.158 e. The van der Waals surface area contributed by atoms with Crippen LogP contribution in [-0.2, 0) is 9.47 Å². The molecule has 1 aliphatic rings. The third-order valence-electron chi connectivity index (χ3n) is 1.84. The molecule has 1 heterocycles. The third-order valence-corrected chi connectivity index (χ3v) is 2.21. The highest BCUT2D eigenvalue weighted by Crippen LogP contribution is 2.25. The molecule has 3 heteroatoms. The minimum Gasteiger partial charge on any atom is -0.352 e. The minimum atomic E-state index is -0.00704. The predicted molar refractivity (Wildman–Crippen MR) is 52.5 cm³/mol. The fraction of sp³-hybridized carbons (Fsp3) is 1.00. The van der Waals surface area contributed by atoms with Crippen LogP contribution in [0.4, 0.5) is 0 Å². The van der Waals surface area contributed by atoms with Gasteiger partial charge in [0.2, 0.25) is 0 Å². The Labute approximate surface area is 82.7 Å². The number of alkyl halides is 1. The van der Waals surface area contributed by atoms with Crippen molar-refractivity contribution in [3.63, 3.8) is 0 Å². The molecule has 0 aromatic rings. The molecule has 1 atom stereocenters. The molecule has 0 spiro atoms. The van der Waals surface area contributed by atoms with Gasteiger partial charge in [-0.25, -0.2) is 0 Å². The molecule has 0 radical (unpaired) electrons. The van der Waals surface area contributed by atoms with Gasteiger partial charge in [0.1, 0.15) is 0 Å². The Morgan fingerprint density at radius 2 is 1.92 bits per heavy atom. The Bertz CT molecular complexity index is 135. The molecule has 1 aliphatic heterocycles. The largest absolute Gasteiger partial charge is 0.352 e. The third kappa shape index (κ3) is 3.42. The Morgan fingerprint density at radius 1 is 1.42 bits per heavy atom. The van der Waals surface area contributed by atoms with Gasteiger partial charge in [-0.15, -0.1) is 0 Å². The Morgan fingerprint density at radius 3 is 2.33 bits per heavy atom. The lowest BCUT2D eigenvalue weighted by Crippen LogP contribution is -2.38. The zero-order chi connectivity index (χ0) is 9.19. The van der Waals surface area contributed by atoms with E-state index in [0.29, 0.717) is 4.83 Å². The van der Waals surface area contributed by atoms with Crippen LogP contribution in [0.2, 0.25) is 0 Å². The second kappa shape index (κ2) is 4.07. The van der Waals surface area contributed by atoms with Gasteiger partial charge in [0.25, 0.3) is 0 Å². The number of hydrogen-bond acceptors (Lipinski definition) is 2. The Balaban J connectivity index is 2.27. The van der Waals surface area contributed by atoms with Crippen molar-refractivity contribution in [3.8, 4) is 0 Å². The normalized spacial score (nSPS) is 27.0. The van der Waals surface area contributed by atoms with Crippen LogP contribution < -0.4 is 0 Å². The van der Waals surface area contributed by atoms with Gasteiger partial charge in [0.15, 0.2) is 6.29 Å². The number of ether oxygens (including phenoxy) is 2. The second-order valence-electron chi connectivity index (χ2n) is 4.23. The van der Waals surface area contributed by atoms with E-state index in [0.717, 1.165) is 19.6 Å². The molecule has 2 nitrogen and oxygen atoms in total. The first-order chi connectivity index (χ1) is 5.49. The summed E-state index contributed by atoms with van der Waals surface area (Å²) in [6, 6.07) is 0. The van der Waals surface area contributed by atoms with E-state index in [4.69, 9.17) is 9.47 Å². The summed E-state index contributed by atoms with van der Waals surface area (Å²) in [6.45, 7) is 8.02. The average molecular weight is 237 g/mol. The summed E-state index contributed by atoms with van der Waals surface area (Å²) in [5.74, 6) is 0. The van der Waals surface area contributed by atoms with Crippen molar-refractivity contribution in [1.82, 2.24) is 0 Å². The fourth-order valence-corrected chi connectivity index (χ4v) is 1.43. The molecule has 0 aliphatic carbocycles. The zero-order valence-electron chi connectivity index (χ0n) is 7.97. The first-order valence-electron chi connectivity index (χ1n) is 4.37. The lowest BCUT2D eigenvalue weighted by molar-refractivity contribution is -0.223. The van der Waals surface area contributed by atoms with Gasteiger partial charge in [-0.3, -0.25) is 0 Å². The highest BCUT2D eigenvalue weighted by molar-refractivity contribution is 9.09. The summed E-state index contributed by atoms with van der Waals surface area (Å²) in [5.41, 5.74) is 0.187. The van der Waals surface area contributed by atoms with Gasteiger partial charge in [-0.2, -0.15) is 0 Å². The summed E-state index contributed by atoms with van der Waals surface area (Å²) in [7, 11) is 0. The van der Waals surface area contributed by atoms with Gasteiger partial charge in [-0.1, -0.05) is 36.7 Å². The van der Waals surface area contributed by atoms with Crippen molar-refractivity contribution in [3.05, 3.63) is 0 Å². The molecule has 0 aromatic carbocycles. The maximum absolute atomic E-state index is 5.55. The molecular formula is C9H17BrO2. The van der Waals surface area contributed by atoms with Crippen molar-refractivity contribution in [2.45, 2.75) is 38.3 Å². The van der Waals surface area contributed by atoms with Gasteiger partial charge < -0.3 is 9.47 Å². The Kier molecular flexibility index (Phi) is 3.56. The number of halogens is 1. The molecule has 0 aromatic heterocycles.